The third-order valence-electron chi connectivity index (χ3n) is 5.92. The maximum atomic E-state index is 13.9. The van der Waals surface area contributed by atoms with Gasteiger partial charge in [0.25, 0.3) is 5.91 Å². The largest absolute Gasteiger partial charge is 0.496 e. The van der Waals surface area contributed by atoms with Gasteiger partial charge in [-0.15, -0.1) is 0 Å². The van der Waals surface area contributed by atoms with E-state index >= 15 is 0 Å². The number of anilines is 1. The minimum atomic E-state index is -0.147. The normalized spacial score (nSPS) is 16.0. The van der Waals surface area contributed by atoms with Gasteiger partial charge in [-0.05, 0) is 60.4 Å². The summed E-state index contributed by atoms with van der Waals surface area (Å²) in [6.07, 6.45) is 1.91. The maximum Gasteiger partial charge on any atom is 0.263 e. The lowest BCUT2D eigenvalue weighted by atomic mass is 10.0. The summed E-state index contributed by atoms with van der Waals surface area (Å²) in [5.74, 6) is 0.400. The van der Waals surface area contributed by atoms with Crippen LogP contribution in [0.4, 0.5) is 5.13 Å². The summed E-state index contributed by atoms with van der Waals surface area (Å²) in [5, 5.41) is 3.32. The second-order valence-corrected chi connectivity index (χ2v) is 9.38. The van der Waals surface area contributed by atoms with Gasteiger partial charge in [-0.25, -0.2) is 4.98 Å². The molecule has 5 nitrogen and oxygen atoms in total. The number of hydrogen-bond acceptors (Lipinski definition) is 5. The monoisotopic (exact) mass is 466 g/mol. The van der Waals surface area contributed by atoms with Crippen molar-refractivity contribution in [3.8, 4) is 5.75 Å². The van der Waals surface area contributed by atoms with Crippen LogP contribution in [0, 0.1) is 6.92 Å². The Bertz CT molecular complexity index is 1310. The SMILES string of the molecule is COc1cc2ccccc2cc1C(=O)N(CC1CCCO1)c1nc2c(C)c(Cl)ccc2s1. The van der Waals surface area contributed by atoms with Crippen LogP contribution >= 0.6 is 22.9 Å². The van der Waals surface area contributed by atoms with E-state index in [2.05, 4.69) is 0 Å². The smallest absolute Gasteiger partial charge is 0.263 e. The number of rotatable bonds is 5. The molecule has 4 aromatic rings. The Morgan fingerprint density at radius 1 is 1.25 bits per heavy atom. The van der Waals surface area contributed by atoms with Crippen molar-refractivity contribution in [2.75, 3.05) is 25.2 Å². The van der Waals surface area contributed by atoms with Gasteiger partial charge in [0.05, 0.1) is 35.5 Å². The highest BCUT2D eigenvalue weighted by Gasteiger charge is 2.29. The Morgan fingerprint density at radius 2 is 2.03 bits per heavy atom. The van der Waals surface area contributed by atoms with Gasteiger partial charge >= 0.3 is 0 Å². The second-order valence-electron chi connectivity index (χ2n) is 7.97. The van der Waals surface area contributed by atoms with Gasteiger partial charge in [-0.3, -0.25) is 9.69 Å². The molecule has 164 valence electrons. The van der Waals surface area contributed by atoms with E-state index in [1.54, 1.807) is 12.0 Å². The number of amides is 1. The number of halogens is 1. The molecule has 0 aliphatic carbocycles. The zero-order chi connectivity index (χ0) is 22.2. The van der Waals surface area contributed by atoms with Crippen LogP contribution in [0.5, 0.6) is 5.75 Å². The van der Waals surface area contributed by atoms with Crippen molar-refractivity contribution in [3.05, 3.63) is 64.7 Å². The molecule has 1 saturated heterocycles. The van der Waals surface area contributed by atoms with E-state index in [4.69, 9.17) is 26.1 Å². The molecule has 1 atom stereocenters. The molecule has 0 bridgehead atoms. The third-order valence-corrected chi connectivity index (χ3v) is 7.37. The highest BCUT2D eigenvalue weighted by Crippen LogP contribution is 2.36. The molecule has 3 aromatic carbocycles. The number of carbonyl (C=O) groups is 1. The molecule has 1 aromatic heterocycles. The average molecular weight is 467 g/mol. The minimum Gasteiger partial charge on any atom is -0.496 e. The fraction of sp³-hybridized carbons (Fsp3) is 0.280. The fourth-order valence-electron chi connectivity index (χ4n) is 4.14. The summed E-state index contributed by atoms with van der Waals surface area (Å²) >= 11 is 7.81. The molecule has 5 rings (SSSR count). The molecular formula is C25H23ClN2O3S. The second kappa shape index (κ2) is 8.70. The number of nitrogens with zero attached hydrogens (tertiary/aromatic N) is 2. The standard InChI is InChI=1S/C25H23ClN2O3S/c1-15-20(26)9-10-22-23(15)27-25(32-22)28(14-18-8-5-11-31-18)24(29)19-12-16-6-3-4-7-17(16)13-21(19)30-2/h3-4,6-7,9-10,12-13,18H,5,8,11,14H2,1-2H3. The number of hydrogen-bond donors (Lipinski definition) is 0. The number of ether oxygens (including phenoxy) is 2. The first kappa shape index (κ1) is 21.2. The zero-order valence-electron chi connectivity index (χ0n) is 17.9. The molecule has 1 unspecified atom stereocenters. The molecule has 1 aliphatic rings. The molecule has 0 spiro atoms. The van der Waals surface area contributed by atoms with E-state index in [0.29, 0.717) is 28.0 Å². The first-order valence-electron chi connectivity index (χ1n) is 10.6. The van der Waals surface area contributed by atoms with Crippen molar-refractivity contribution in [2.45, 2.75) is 25.9 Å². The molecule has 0 radical (unpaired) electrons. The average Bonchev–Trinajstić information content (AvgIpc) is 3.48. The van der Waals surface area contributed by atoms with Crippen LogP contribution in [-0.4, -0.2) is 37.3 Å². The lowest BCUT2D eigenvalue weighted by molar-refractivity contribution is 0.0915. The summed E-state index contributed by atoms with van der Waals surface area (Å²) in [7, 11) is 1.59. The van der Waals surface area contributed by atoms with Gasteiger partial charge in [0.1, 0.15) is 5.75 Å². The van der Waals surface area contributed by atoms with Crippen molar-refractivity contribution in [2.24, 2.45) is 0 Å². The number of aromatic nitrogens is 1. The van der Waals surface area contributed by atoms with Gasteiger partial charge in [0, 0.05) is 11.6 Å². The number of methoxy groups -OCH3 is 1. The van der Waals surface area contributed by atoms with Gasteiger partial charge in [0.2, 0.25) is 0 Å². The van der Waals surface area contributed by atoms with E-state index in [1.165, 1.54) is 11.3 Å². The van der Waals surface area contributed by atoms with E-state index in [9.17, 15) is 4.79 Å². The predicted octanol–water partition coefficient (Wildman–Crippen LogP) is 6.25. The van der Waals surface area contributed by atoms with E-state index in [1.807, 2.05) is 55.5 Å². The van der Waals surface area contributed by atoms with Gasteiger partial charge in [-0.2, -0.15) is 0 Å². The van der Waals surface area contributed by atoms with Crippen LogP contribution in [0.15, 0.2) is 48.5 Å². The summed E-state index contributed by atoms with van der Waals surface area (Å²) in [4.78, 5) is 20.5. The lowest BCUT2D eigenvalue weighted by Crippen LogP contribution is -2.37. The van der Waals surface area contributed by atoms with Crippen LogP contribution in [-0.2, 0) is 4.74 Å². The Balaban J connectivity index is 1.61. The van der Waals surface area contributed by atoms with Crippen LogP contribution in [0.2, 0.25) is 5.02 Å². The van der Waals surface area contributed by atoms with Gasteiger partial charge in [-0.1, -0.05) is 47.2 Å². The fourth-order valence-corrected chi connectivity index (χ4v) is 5.33. The quantitative estimate of drug-likeness (QED) is 0.349. The number of aryl methyl sites for hydroxylation is 1. The van der Waals surface area contributed by atoms with E-state index < -0.39 is 0 Å². The van der Waals surface area contributed by atoms with Gasteiger partial charge in [0.15, 0.2) is 5.13 Å². The Labute approximate surface area is 195 Å². The molecule has 1 aliphatic heterocycles. The third kappa shape index (κ3) is 3.83. The van der Waals surface area contributed by atoms with Crippen molar-refractivity contribution in [1.29, 1.82) is 0 Å². The van der Waals surface area contributed by atoms with Crippen molar-refractivity contribution in [1.82, 2.24) is 4.98 Å². The molecule has 0 saturated carbocycles. The molecule has 7 heteroatoms. The number of thiazole rings is 1. The summed E-state index contributed by atoms with van der Waals surface area (Å²) in [6, 6.07) is 15.6. The first-order chi connectivity index (χ1) is 15.5. The van der Waals surface area contributed by atoms with Crippen molar-refractivity contribution in [3.63, 3.8) is 0 Å². The number of fused-ring (bicyclic) bond motifs is 2. The summed E-state index contributed by atoms with van der Waals surface area (Å²) in [6.45, 7) is 3.12. The van der Waals surface area contributed by atoms with Gasteiger partial charge < -0.3 is 9.47 Å². The maximum absolute atomic E-state index is 13.9. The molecule has 2 heterocycles. The Morgan fingerprint density at radius 3 is 2.75 bits per heavy atom. The molecular weight excluding hydrogens is 444 g/mol. The highest BCUT2D eigenvalue weighted by atomic mass is 35.5. The lowest BCUT2D eigenvalue weighted by Gasteiger charge is -2.24. The van der Waals surface area contributed by atoms with Crippen molar-refractivity contribution < 1.29 is 14.3 Å². The van der Waals surface area contributed by atoms with Crippen LogP contribution in [0.3, 0.4) is 0 Å². The zero-order valence-corrected chi connectivity index (χ0v) is 19.5. The van der Waals surface area contributed by atoms with Crippen LogP contribution in [0.1, 0.15) is 28.8 Å². The Kier molecular flexibility index (Phi) is 5.76. The molecule has 0 N–H and O–H groups in total. The van der Waals surface area contributed by atoms with E-state index in [-0.39, 0.29) is 12.0 Å². The van der Waals surface area contributed by atoms with E-state index in [0.717, 1.165) is 46.0 Å². The summed E-state index contributed by atoms with van der Waals surface area (Å²) < 4.78 is 12.5. The highest BCUT2D eigenvalue weighted by molar-refractivity contribution is 7.22. The molecule has 1 amide bonds. The topological polar surface area (TPSA) is 51.7 Å². The van der Waals surface area contributed by atoms with Crippen molar-refractivity contribution >= 4 is 55.0 Å². The summed E-state index contributed by atoms with van der Waals surface area (Å²) in [5.41, 5.74) is 2.26. The van der Waals surface area contributed by atoms with Crippen LogP contribution in [0.25, 0.3) is 21.0 Å². The number of benzene rings is 3. The first-order valence-corrected chi connectivity index (χ1v) is 11.8. The number of carbonyl (C=O) groups excluding carboxylic acids is 1. The molecule has 1 fully saturated rings. The molecule has 32 heavy (non-hydrogen) atoms. The Hall–Kier alpha value is -2.67. The van der Waals surface area contributed by atoms with Crippen LogP contribution < -0.4 is 9.64 Å². The predicted molar refractivity (Wildman–Crippen MR) is 131 cm³/mol. The minimum absolute atomic E-state index is 0.0119.